The summed E-state index contributed by atoms with van der Waals surface area (Å²) >= 11 is 3.70. The van der Waals surface area contributed by atoms with Gasteiger partial charge in [-0.05, 0) is 59.7 Å². The quantitative estimate of drug-likeness (QED) is 0.0892. The molecule has 0 fully saturated rings. The molecule has 6 aromatic heterocycles. The minimum Gasteiger partial charge on any atom is -0.546 e. The highest BCUT2D eigenvalue weighted by Gasteiger charge is 2.62. The molecule has 14 nitrogen and oxygen atoms in total. The molecule has 6 atom stereocenters. The van der Waals surface area contributed by atoms with Crippen molar-refractivity contribution in [2.45, 2.75) is 59.8 Å². The van der Waals surface area contributed by atoms with Crippen molar-refractivity contribution in [3.05, 3.63) is 272 Å². The first-order valence-corrected chi connectivity index (χ1v) is 26.1. The number of aromatic nitrogens is 2. The van der Waals surface area contributed by atoms with Crippen LogP contribution in [0.5, 0.6) is 0 Å². The van der Waals surface area contributed by atoms with E-state index in [1.807, 2.05) is 47.7 Å². The fourth-order valence-electron chi connectivity index (χ4n) is 12.0. The third kappa shape index (κ3) is 7.99. The van der Waals surface area contributed by atoms with E-state index in [0.29, 0.717) is 12.1 Å². The Morgan fingerprint density at radius 3 is 1.12 bits per heavy atom. The molecule has 0 N–H and O–H groups in total. The third-order valence-corrected chi connectivity index (χ3v) is 17.1. The third-order valence-electron chi connectivity index (χ3n) is 15.2. The number of carbonyl (C=O) groups excluding carboxylic acids is 4. The lowest BCUT2D eigenvalue weighted by molar-refractivity contribution is -0.727. The van der Waals surface area contributed by atoms with Crippen LogP contribution in [0.4, 0.5) is 0 Å². The van der Waals surface area contributed by atoms with E-state index in [0.717, 1.165) is 12.8 Å². The van der Waals surface area contributed by atoms with E-state index in [1.54, 1.807) is 37.2 Å². The molecule has 0 radical (unpaired) electrons. The summed E-state index contributed by atoms with van der Waals surface area (Å²) in [6.45, 7) is 0. The first-order chi connectivity index (χ1) is 37.2. The Morgan fingerprint density at radius 2 is 0.803 bits per heavy atom. The molecule has 0 saturated carbocycles. The maximum atomic E-state index is 12.0. The summed E-state index contributed by atoms with van der Waals surface area (Å²) in [6, 6.07) is 41.5. The van der Waals surface area contributed by atoms with E-state index in [2.05, 4.69) is 115 Å². The molecule has 10 heterocycles. The van der Waals surface area contributed by atoms with E-state index in [1.165, 1.54) is 103 Å². The smallest absolute Gasteiger partial charge is 0.338 e. The van der Waals surface area contributed by atoms with Gasteiger partial charge in [0.2, 0.25) is 10.0 Å². The number of esters is 2. The van der Waals surface area contributed by atoms with Crippen molar-refractivity contribution < 1.29 is 65.7 Å². The molecule has 378 valence electrons. The summed E-state index contributed by atoms with van der Waals surface area (Å²) in [5.74, 6) is -5.81. The van der Waals surface area contributed by atoms with Crippen molar-refractivity contribution in [1.82, 2.24) is 0 Å². The summed E-state index contributed by atoms with van der Waals surface area (Å²) in [7, 11) is 0. The zero-order valence-corrected chi connectivity index (χ0v) is 41.8. The van der Waals surface area contributed by atoms with Gasteiger partial charge < -0.3 is 46.9 Å². The van der Waals surface area contributed by atoms with Crippen LogP contribution < -0.4 is 19.3 Å². The van der Waals surface area contributed by atoms with E-state index in [4.69, 9.17) is 17.7 Å². The van der Waals surface area contributed by atoms with Crippen molar-refractivity contribution in [2.24, 2.45) is 0 Å². The molecule has 76 heavy (non-hydrogen) atoms. The maximum Gasteiger partial charge on any atom is 0.338 e. The lowest BCUT2D eigenvalue weighted by Crippen LogP contribution is -2.58. The second-order valence-corrected chi connectivity index (χ2v) is 20.7. The zero-order valence-electron chi connectivity index (χ0n) is 40.1. The number of benzene rings is 4. The number of carboxylic acids is 2. The number of carbonyl (C=O) groups is 4. The van der Waals surface area contributed by atoms with Crippen LogP contribution in [0, 0.1) is 0 Å². The molecule has 4 aliphatic heterocycles. The zero-order chi connectivity index (χ0) is 52.0. The highest BCUT2D eigenvalue weighted by molar-refractivity contribution is 7.09. The fourth-order valence-corrected chi connectivity index (χ4v) is 14.2. The molecule has 6 aliphatic rings. The molecule has 16 heteroatoms. The Labute approximate surface area is 442 Å². The molecule has 0 saturated heterocycles. The van der Waals surface area contributed by atoms with Gasteiger partial charge in [-0.25, -0.2) is 9.59 Å². The monoisotopic (exact) mass is 1050 g/mol. The van der Waals surface area contributed by atoms with E-state index in [-0.39, 0.29) is 33.8 Å². The summed E-state index contributed by atoms with van der Waals surface area (Å²) < 4.78 is 36.3. The van der Waals surface area contributed by atoms with Gasteiger partial charge in [0.25, 0.3) is 0 Å². The van der Waals surface area contributed by atoms with Gasteiger partial charge in [0.15, 0.2) is 36.7 Å². The summed E-state index contributed by atoms with van der Waals surface area (Å²) in [4.78, 5) is 46.5. The van der Waals surface area contributed by atoms with Crippen LogP contribution in [0.1, 0.15) is 112 Å². The average molecular weight is 1050 g/mol. The van der Waals surface area contributed by atoms with Gasteiger partial charge >= 0.3 is 11.9 Å². The van der Waals surface area contributed by atoms with Crippen LogP contribution in [0.3, 0.4) is 0 Å². The van der Waals surface area contributed by atoms with Crippen LogP contribution in [0.25, 0.3) is 0 Å². The molecular weight excluding hydrogens is 1000 g/mol. The Morgan fingerprint density at radius 1 is 0.474 bits per heavy atom. The van der Waals surface area contributed by atoms with Gasteiger partial charge in [0.1, 0.15) is 0 Å². The number of carboxylic acid groups (broad SMARTS) is 2. The van der Waals surface area contributed by atoms with Gasteiger partial charge in [-0.2, -0.15) is 9.13 Å². The second kappa shape index (κ2) is 19.8. The topological polar surface area (TPSA) is 193 Å². The number of furan rings is 4. The van der Waals surface area contributed by atoms with Crippen molar-refractivity contribution in [1.29, 1.82) is 0 Å². The second-order valence-electron chi connectivity index (χ2n) is 18.9. The first kappa shape index (κ1) is 48.1. The van der Waals surface area contributed by atoms with Crippen LogP contribution in [0.15, 0.2) is 224 Å². The molecule has 0 amide bonds. The van der Waals surface area contributed by atoms with E-state index < -0.39 is 36.1 Å². The number of nitrogens with zero attached hydrogens (tertiary/aromatic N) is 2. The van der Waals surface area contributed by atoms with Crippen LogP contribution in [-0.4, -0.2) is 36.1 Å². The van der Waals surface area contributed by atoms with Crippen molar-refractivity contribution in [2.75, 3.05) is 0 Å². The number of aliphatic carboxylic acids is 2. The number of fused-ring (bicyclic) bond motifs is 2. The molecule has 4 bridgehead atoms. The number of rotatable bonds is 11. The summed E-state index contributed by atoms with van der Waals surface area (Å²) in [6.07, 6.45) is 16.5. The van der Waals surface area contributed by atoms with Crippen molar-refractivity contribution >= 4 is 46.6 Å². The Kier molecular flexibility index (Phi) is 12.5. The predicted molar refractivity (Wildman–Crippen MR) is 269 cm³/mol. The van der Waals surface area contributed by atoms with E-state index in [9.17, 15) is 29.4 Å². The normalized spacial score (nSPS) is 19.1. The standard InChI is InChI=1S/2C21H16NO2S.C18H14O8/c2*1-2-4-17-16(3-1)18-11-21(14-5-8-23-12-14,15-6-9-24-13-15)19(17)20-22(18)7-10-25-20;19-15(20)13(25-17(23)11-7-3-1-4-8-11)14(16(21)22)26-18(24)12-9-5-2-6-10-12/h2*1-10,12-13,18-19H,11H2;1-10,13-14H,(H,19,20)(H,21,22)/q2*+1;/p-2/t;;13-,14-/m..0/s1. The Hall–Kier alpha value is -8.86. The molecule has 16 rings (SSSR count). The average Bonchev–Trinajstić information content (AvgIpc) is 4.41. The molecule has 4 aromatic carbocycles. The maximum absolute atomic E-state index is 12.0. The first-order valence-electron chi connectivity index (χ1n) is 24.4. The largest absolute Gasteiger partial charge is 0.546 e. The predicted octanol–water partition coefficient (Wildman–Crippen LogP) is 8.23. The van der Waals surface area contributed by atoms with Crippen LogP contribution in [-0.2, 0) is 29.9 Å². The van der Waals surface area contributed by atoms with Crippen molar-refractivity contribution in [3.8, 4) is 0 Å². The summed E-state index contributed by atoms with van der Waals surface area (Å²) in [5.41, 5.74) is 10.4. The lowest BCUT2D eigenvalue weighted by atomic mass is 9.55. The molecule has 4 unspecified atom stereocenters. The number of ether oxygens (including phenoxy) is 2. The van der Waals surface area contributed by atoms with Gasteiger partial charge in [-0.3, -0.25) is 0 Å². The lowest BCUT2D eigenvalue weighted by Gasteiger charge is -2.47. The van der Waals surface area contributed by atoms with Gasteiger partial charge in [0.05, 0.1) is 107 Å². The van der Waals surface area contributed by atoms with Crippen molar-refractivity contribution in [3.63, 3.8) is 0 Å². The van der Waals surface area contributed by atoms with Gasteiger partial charge in [0, 0.05) is 46.2 Å². The number of hydrogen-bond donors (Lipinski definition) is 0. The minimum atomic E-state index is -2.39. The van der Waals surface area contributed by atoms with Crippen LogP contribution >= 0.6 is 22.7 Å². The van der Waals surface area contributed by atoms with Crippen LogP contribution in [0.2, 0.25) is 0 Å². The number of thiazole rings is 2. The Balaban J connectivity index is 0.000000115. The number of hydrogen-bond acceptors (Lipinski definition) is 14. The van der Waals surface area contributed by atoms with Gasteiger partial charge in [-0.15, -0.1) is 0 Å². The molecule has 10 aromatic rings. The summed E-state index contributed by atoms with van der Waals surface area (Å²) in [5, 5.41) is 29.8. The fraction of sp³-hybridized carbons (Fsp3) is 0.167. The Bertz CT molecular complexity index is 3350. The molecular formula is C60H44N2O12S2. The van der Waals surface area contributed by atoms with Gasteiger partial charge in [-0.1, -0.05) is 108 Å². The highest BCUT2D eigenvalue weighted by atomic mass is 32.1. The molecule has 0 spiro atoms. The van der Waals surface area contributed by atoms with E-state index >= 15 is 0 Å². The minimum absolute atomic E-state index is 0.0229. The highest BCUT2D eigenvalue weighted by Crippen LogP contribution is 2.62. The molecule has 2 aliphatic carbocycles. The SMILES string of the molecule is O=C(O[C@H](C(=O)[O-])[C@H](OC(=O)c1ccccc1)C(=O)[O-])c1ccccc1.c1ccc2c(c1)C1CC(c3ccoc3)(c3ccoc3)C2c2scc[n+]21.c1ccc2c(c1)C1CC(c3ccoc3)(c3ccoc3)C2c2scc[n+]21.